The highest BCUT2D eigenvalue weighted by Gasteiger charge is 2.20. The molecule has 1 N–H and O–H groups in total. The average molecular weight is 361 g/mol. The normalized spacial score (nSPS) is 14.3. The first-order chi connectivity index (χ1) is 12.5. The van der Waals surface area contributed by atoms with Crippen LogP contribution in [0.2, 0.25) is 0 Å². The second-order valence-corrected chi connectivity index (χ2v) is 6.21. The quantitative estimate of drug-likeness (QED) is 0.764. The molecule has 0 amide bonds. The maximum atomic E-state index is 14.5. The standard InChI is InChI=1S/C18H14F3N3O2/c19-10-3-4-14(12(20)7-10)24-15-9-16(23-5-1-2-6-23)13(21)8-11(15)17(25)22-18(24)26/h3-4,7-9H,1-2,5-6H2,(H,22,25,26). The van der Waals surface area contributed by atoms with E-state index in [-0.39, 0.29) is 22.3 Å². The average Bonchev–Trinajstić information content (AvgIpc) is 3.11. The molecule has 3 aromatic rings. The highest BCUT2D eigenvalue weighted by Crippen LogP contribution is 2.28. The maximum absolute atomic E-state index is 14.5. The predicted octanol–water partition coefficient (Wildman–Crippen LogP) is 2.70. The van der Waals surface area contributed by atoms with Crippen molar-refractivity contribution in [3.63, 3.8) is 0 Å². The topological polar surface area (TPSA) is 58.1 Å². The van der Waals surface area contributed by atoms with Crippen molar-refractivity contribution < 1.29 is 13.2 Å². The van der Waals surface area contributed by atoms with Gasteiger partial charge in [0.2, 0.25) is 0 Å². The Morgan fingerprint density at radius 3 is 2.27 bits per heavy atom. The number of hydrogen-bond donors (Lipinski definition) is 1. The first-order valence-electron chi connectivity index (χ1n) is 8.14. The van der Waals surface area contributed by atoms with Crippen molar-refractivity contribution in [2.24, 2.45) is 0 Å². The van der Waals surface area contributed by atoms with Gasteiger partial charge in [-0.15, -0.1) is 0 Å². The number of H-pyrrole nitrogens is 1. The van der Waals surface area contributed by atoms with Crippen molar-refractivity contribution in [2.45, 2.75) is 12.8 Å². The van der Waals surface area contributed by atoms with Crippen LogP contribution in [0.5, 0.6) is 0 Å². The lowest BCUT2D eigenvalue weighted by Gasteiger charge is -2.20. The summed E-state index contributed by atoms with van der Waals surface area (Å²) in [4.78, 5) is 28.3. The summed E-state index contributed by atoms with van der Waals surface area (Å²) in [5.41, 5.74) is -1.57. The van der Waals surface area contributed by atoms with Gasteiger partial charge in [-0.25, -0.2) is 18.0 Å². The molecule has 2 aromatic carbocycles. The summed E-state index contributed by atoms with van der Waals surface area (Å²) in [6, 6.07) is 5.16. The van der Waals surface area contributed by atoms with Crippen LogP contribution in [-0.2, 0) is 0 Å². The van der Waals surface area contributed by atoms with Gasteiger partial charge in [0.15, 0.2) is 0 Å². The number of anilines is 1. The van der Waals surface area contributed by atoms with Gasteiger partial charge in [-0.3, -0.25) is 14.3 Å². The zero-order valence-corrected chi connectivity index (χ0v) is 13.6. The van der Waals surface area contributed by atoms with Crippen LogP contribution >= 0.6 is 0 Å². The van der Waals surface area contributed by atoms with E-state index in [1.165, 1.54) is 6.07 Å². The molecule has 8 heteroatoms. The van der Waals surface area contributed by atoms with E-state index in [9.17, 15) is 22.8 Å². The third-order valence-electron chi connectivity index (χ3n) is 4.57. The van der Waals surface area contributed by atoms with Crippen molar-refractivity contribution in [3.8, 4) is 5.69 Å². The molecule has 134 valence electrons. The number of aromatic nitrogens is 2. The number of fused-ring (bicyclic) bond motifs is 1. The van der Waals surface area contributed by atoms with E-state index in [1.807, 2.05) is 9.88 Å². The van der Waals surface area contributed by atoms with Gasteiger partial charge in [0, 0.05) is 19.2 Å². The zero-order valence-electron chi connectivity index (χ0n) is 13.6. The molecule has 1 aliphatic rings. The first kappa shape index (κ1) is 16.4. The highest BCUT2D eigenvalue weighted by atomic mass is 19.1. The Bertz CT molecular complexity index is 1130. The van der Waals surface area contributed by atoms with Gasteiger partial charge in [0.1, 0.15) is 17.5 Å². The summed E-state index contributed by atoms with van der Waals surface area (Å²) in [5, 5.41) is -0.0891. The van der Waals surface area contributed by atoms with E-state index in [1.54, 1.807) is 0 Å². The molecule has 0 saturated carbocycles. The number of nitrogens with one attached hydrogen (secondary N) is 1. The Balaban J connectivity index is 2.07. The number of hydrogen-bond acceptors (Lipinski definition) is 3. The van der Waals surface area contributed by atoms with E-state index in [0.717, 1.165) is 35.6 Å². The van der Waals surface area contributed by atoms with Gasteiger partial charge < -0.3 is 4.90 Å². The van der Waals surface area contributed by atoms with Crippen LogP contribution in [-0.4, -0.2) is 22.6 Å². The van der Waals surface area contributed by atoms with Crippen LogP contribution < -0.4 is 16.1 Å². The molecule has 1 aromatic heterocycles. The summed E-state index contributed by atoms with van der Waals surface area (Å²) < 4.78 is 42.9. The minimum Gasteiger partial charge on any atom is -0.369 e. The number of rotatable bonds is 2. The minimum atomic E-state index is -0.965. The summed E-state index contributed by atoms with van der Waals surface area (Å²) in [6.45, 7) is 1.31. The Labute approximate surface area is 145 Å². The van der Waals surface area contributed by atoms with Crippen LogP contribution in [0.15, 0.2) is 39.9 Å². The summed E-state index contributed by atoms with van der Waals surface area (Å²) in [7, 11) is 0. The Morgan fingerprint density at radius 2 is 1.58 bits per heavy atom. The van der Waals surface area contributed by atoms with E-state index in [0.29, 0.717) is 19.2 Å². The minimum absolute atomic E-state index is 0.0626. The lowest BCUT2D eigenvalue weighted by atomic mass is 10.1. The third kappa shape index (κ3) is 2.58. The Hall–Kier alpha value is -3.03. The zero-order chi connectivity index (χ0) is 18.4. The molecule has 1 fully saturated rings. The smallest absolute Gasteiger partial charge is 0.333 e. The van der Waals surface area contributed by atoms with E-state index < -0.39 is 28.7 Å². The van der Waals surface area contributed by atoms with E-state index in [2.05, 4.69) is 0 Å². The number of aromatic amines is 1. The number of halogens is 3. The van der Waals surface area contributed by atoms with Gasteiger partial charge in [-0.2, -0.15) is 0 Å². The molecular weight excluding hydrogens is 347 g/mol. The molecule has 0 aliphatic carbocycles. The van der Waals surface area contributed by atoms with Crippen molar-refractivity contribution in [3.05, 3.63) is 68.6 Å². The Morgan fingerprint density at radius 1 is 0.885 bits per heavy atom. The number of nitrogens with zero attached hydrogens (tertiary/aromatic N) is 2. The molecular formula is C18H14F3N3O2. The Kier molecular flexibility index (Phi) is 3.82. The second kappa shape index (κ2) is 6.05. The monoisotopic (exact) mass is 361 g/mol. The molecule has 0 unspecified atom stereocenters. The maximum Gasteiger partial charge on any atom is 0.333 e. The molecule has 1 aliphatic heterocycles. The fourth-order valence-electron chi connectivity index (χ4n) is 3.35. The highest BCUT2D eigenvalue weighted by molar-refractivity contribution is 5.84. The van der Waals surface area contributed by atoms with Gasteiger partial charge >= 0.3 is 5.69 Å². The summed E-state index contributed by atoms with van der Waals surface area (Å²) >= 11 is 0. The molecule has 4 rings (SSSR count). The van der Waals surface area contributed by atoms with Crippen LogP contribution in [0.3, 0.4) is 0 Å². The molecule has 0 bridgehead atoms. The third-order valence-corrected chi connectivity index (χ3v) is 4.57. The van der Waals surface area contributed by atoms with Crippen LogP contribution in [0.25, 0.3) is 16.6 Å². The van der Waals surface area contributed by atoms with Crippen LogP contribution in [0, 0.1) is 17.5 Å². The molecule has 26 heavy (non-hydrogen) atoms. The predicted molar refractivity (Wildman–Crippen MR) is 91.5 cm³/mol. The first-order valence-corrected chi connectivity index (χ1v) is 8.14. The summed E-state index contributed by atoms with van der Waals surface area (Å²) in [6.07, 6.45) is 1.82. The van der Waals surface area contributed by atoms with Crippen molar-refractivity contribution in [2.75, 3.05) is 18.0 Å². The lowest BCUT2D eigenvalue weighted by Crippen LogP contribution is -2.30. The molecule has 1 saturated heterocycles. The fourth-order valence-corrected chi connectivity index (χ4v) is 3.35. The van der Waals surface area contributed by atoms with Gasteiger partial charge in [0.25, 0.3) is 5.56 Å². The van der Waals surface area contributed by atoms with E-state index in [4.69, 9.17) is 0 Å². The molecule has 2 heterocycles. The number of benzene rings is 2. The van der Waals surface area contributed by atoms with Crippen molar-refractivity contribution in [1.29, 1.82) is 0 Å². The van der Waals surface area contributed by atoms with Crippen molar-refractivity contribution >= 4 is 16.6 Å². The molecule has 5 nitrogen and oxygen atoms in total. The van der Waals surface area contributed by atoms with Gasteiger partial charge in [0.05, 0.1) is 22.3 Å². The lowest BCUT2D eigenvalue weighted by molar-refractivity contribution is 0.577. The van der Waals surface area contributed by atoms with Crippen LogP contribution in [0.4, 0.5) is 18.9 Å². The van der Waals surface area contributed by atoms with Gasteiger partial charge in [-0.1, -0.05) is 0 Å². The SMILES string of the molecule is O=c1[nH]c(=O)n(-c2ccc(F)cc2F)c2cc(N3CCCC3)c(F)cc12. The van der Waals surface area contributed by atoms with Gasteiger partial charge in [-0.05, 0) is 37.1 Å². The second-order valence-electron chi connectivity index (χ2n) is 6.21. The molecule has 0 radical (unpaired) electrons. The van der Waals surface area contributed by atoms with Crippen LogP contribution in [0.1, 0.15) is 12.8 Å². The largest absolute Gasteiger partial charge is 0.369 e. The summed E-state index contributed by atoms with van der Waals surface area (Å²) in [5.74, 6) is -2.35. The molecule has 0 atom stereocenters. The fraction of sp³-hybridized carbons (Fsp3) is 0.222. The van der Waals surface area contributed by atoms with Crippen molar-refractivity contribution in [1.82, 2.24) is 9.55 Å². The molecule has 0 spiro atoms. The van der Waals surface area contributed by atoms with E-state index >= 15 is 0 Å².